The van der Waals surface area contributed by atoms with Gasteiger partial charge in [-0.15, -0.1) is 0 Å². The zero-order valence-corrected chi connectivity index (χ0v) is 12.4. The van der Waals surface area contributed by atoms with Gasteiger partial charge in [0.2, 0.25) is 0 Å². The first-order valence-electron chi connectivity index (χ1n) is 7.24. The Hall–Kier alpha value is -0.910. The molecule has 1 aliphatic heterocycles. The second-order valence-electron chi connectivity index (χ2n) is 5.92. The third-order valence-electron chi connectivity index (χ3n) is 4.52. The highest BCUT2D eigenvalue weighted by Gasteiger charge is 2.39. The van der Waals surface area contributed by atoms with E-state index in [1.165, 1.54) is 6.42 Å². The van der Waals surface area contributed by atoms with E-state index in [-0.39, 0.29) is 0 Å². The molecular weight excluding hydrogens is 274 g/mol. The average molecular weight is 295 g/mol. The molecule has 0 aromatic heterocycles. The van der Waals surface area contributed by atoms with Crippen LogP contribution in [0.1, 0.15) is 37.7 Å². The first kappa shape index (κ1) is 14.0. The first-order chi connectivity index (χ1) is 9.54. The second-order valence-corrected chi connectivity index (χ2v) is 8.11. The molecule has 1 saturated heterocycles. The Morgan fingerprint density at radius 2 is 1.75 bits per heavy atom. The Balaban J connectivity index is 2.04. The quantitative estimate of drug-likeness (QED) is 0.925. The van der Waals surface area contributed by atoms with Gasteiger partial charge in [0.1, 0.15) is 5.25 Å². The molecule has 2 fully saturated rings. The summed E-state index contributed by atoms with van der Waals surface area (Å²) in [6.07, 6.45) is 5.04. The summed E-state index contributed by atoms with van der Waals surface area (Å²) in [7, 11) is -3.33. The second kappa shape index (κ2) is 5.13. The lowest BCUT2D eigenvalue weighted by Crippen LogP contribution is -2.44. The third-order valence-corrected chi connectivity index (χ3v) is 6.64. The van der Waals surface area contributed by atoms with Crippen LogP contribution in [0.3, 0.4) is 0 Å². The predicted octanol–water partition coefficient (Wildman–Crippen LogP) is 1.98. The fourth-order valence-electron chi connectivity index (χ4n) is 3.15. The molecule has 1 aromatic rings. The minimum atomic E-state index is -3.33. The van der Waals surface area contributed by atoms with Crippen molar-refractivity contribution in [3.63, 3.8) is 0 Å². The maximum absolute atomic E-state index is 12.7. The highest BCUT2D eigenvalue weighted by Crippen LogP contribution is 2.39. The predicted molar refractivity (Wildman–Crippen MR) is 77.2 cm³/mol. The summed E-state index contributed by atoms with van der Waals surface area (Å²) in [4.78, 5) is 0.415. The van der Waals surface area contributed by atoms with E-state index in [1.54, 1.807) is 12.1 Å². The molecule has 1 saturated carbocycles. The summed E-state index contributed by atoms with van der Waals surface area (Å²) in [6, 6.07) is 7.25. The molecule has 1 aromatic carbocycles. The van der Waals surface area contributed by atoms with E-state index < -0.39 is 20.6 Å². The van der Waals surface area contributed by atoms with E-state index in [2.05, 4.69) is 0 Å². The molecular formula is C15H21NO3S. The fourth-order valence-corrected chi connectivity index (χ4v) is 4.91. The van der Waals surface area contributed by atoms with Crippen LogP contribution >= 0.6 is 0 Å². The maximum atomic E-state index is 12.7. The van der Waals surface area contributed by atoms with E-state index >= 15 is 0 Å². The van der Waals surface area contributed by atoms with Crippen LogP contribution < -0.4 is 5.73 Å². The van der Waals surface area contributed by atoms with Crippen LogP contribution in [0, 0.1) is 0 Å². The van der Waals surface area contributed by atoms with Crippen LogP contribution in [0.5, 0.6) is 0 Å². The zero-order chi connectivity index (χ0) is 14.2. The maximum Gasteiger partial charge on any atom is 0.186 e. The van der Waals surface area contributed by atoms with Crippen LogP contribution in [-0.4, -0.2) is 26.9 Å². The Kier molecular flexibility index (Phi) is 3.60. The third kappa shape index (κ3) is 2.28. The summed E-state index contributed by atoms with van der Waals surface area (Å²) < 4.78 is 30.4. The minimum absolute atomic E-state index is 0.300. The topological polar surface area (TPSA) is 69.4 Å². The van der Waals surface area contributed by atoms with E-state index in [9.17, 15) is 8.42 Å². The molecule has 1 aliphatic carbocycles. The lowest BCUT2D eigenvalue weighted by molar-refractivity contribution is 0.0415. The van der Waals surface area contributed by atoms with E-state index in [0.29, 0.717) is 18.1 Å². The number of benzene rings is 1. The number of nitrogens with two attached hydrogens (primary N) is 1. The van der Waals surface area contributed by atoms with Crippen molar-refractivity contribution in [2.24, 2.45) is 5.73 Å². The molecule has 0 spiro atoms. The van der Waals surface area contributed by atoms with E-state index in [4.69, 9.17) is 10.5 Å². The van der Waals surface area contributed by atoms with Gasteiger partial charge in [-0.3, -0.25) is 0 Å². The summed E-state index contributed by atoms with van der Waals surface area (Å²) in [5.41, 5.74) is 6.85. The molecule has 4 nitrogen and oxygen atoms in total. The Bertz CT molecular complexity index is 587. The lowest BCUT2D eigenvalue weighted by Gasteiger charge is -2.36. The highest BCUT2D eigenvalue weighted by atomic mass is 32.2. The van der Waals surface area contributed by atoms with Crippen molar-refractivity contribution in [2.45, 2.75) is 47.8 Å². The minimum Gasteiger partial charge on any atom is -0.379 e. The summed E-state index contributed by atoms with van der Waals surface area (Å²) in [5, 5.41) is -0.407. The van der Waals surface area contributed by atoms with Crippen LogP contribution in [0.15, 0.2) is 29.2 Å². The van der Waals surface area contributed by atoms with Crippen molar-refractivity contribution in [1.29, 1.82) is 0 Å². The summed E-state index contributed by atoms with van der Waals surface area (Å²) in [6.45, 7) is 0.600. The molecule has 3 rings (SSSR count). The van der Waals surface area contributed by atoms with Crippen LogP contribution in [0.2, 0.25) is 0 Å². The summed E-state index contributed by atoms with van der Waals surface area (Å²) >= 11 is 0. The Morgan fingerprint density at radius 3 is 2.35 bits per heavy atom. The van der Waals surface area contributed by atoms with Crippen molar-refractivity contribution in [3.05, 3.63) is 29.8 Å². The lowest BCUT2D eigenvalue weighted by atomic mass is 9.77. The van der Waals surface area contributed by atoms with Gasteiger partial charge >= 0.3 is 0 Å². The molecule has 20 heavy (non-hydrogen) atoms. The van der Waals surface area contributed by atoms with Gasteiger partial charge in [-0.2, -0.15) is 0 Å². The molecule has 0 radical (unpaired) electrons. The SMILES string of the molecule is NC1(c2ccccc2S(=O)(=O)C2COC2)CCCCC1. The molecule has 5 heteroatoms. The van der Waals surface area contributed by atoms with E-state index in [0.717, 1.165) is 31.2 Å². The number of sulfone groups is 1. The standard InChI is InChI=1S/C15H21NO3S/c16-15(8-4-1-5-9-15)13-6-2-3-7-14(13)20(17,18)12-10-19-11-12/h2-3,6-7,12H,1,4-5,8-11,16H2. The largest absolute Gasteiger partial charge is 0.379 e. The van der Waals surface area contributed by atoms with Crippen LogP contribution in [-0.2, 0) is 20.1 Å². The normalized spacial score (nSPS) is 23.2. The Labute approximate surface area is 120 Å². The van der Waals surface area contributed by atoms with Crippen molar-refractivity contribution in [3.8, 4) is 0 Å². The first-order valence-corrected chi connectivity index (χ1v) is 8.79. The molecule has 110 valence electrons. The van der Waals surface area contributed by atoms with Crippen molar-refractivity contribution < 1.29 is 13.2 Å². The fraction of sp³-hybridized carbons (Fsp3) is 0.600. The van der Waals surface area contributed by atoms with Gasteiger partial charge in [-0.05, 0) is 24.5 Å². The van der Waals surface area contributed by atoms with E-state index in [1.807, 2.05) is 12.1 Å². The number of hydrogen-bond donors (Lipinski definition) is 1. The molecule has 0 atom stereocenters. The van der Waals surface area contributed by atoms with Crippen molar-refractivity contribution >= 4 is 9.84 Å². The van der Waals surface area contributed by atoms with Gasteiger partial charge in [-0.25, -0.2) is 8.42 Å². The van der Waals surface area contributed by atoms with Gasteiger partial charge in [0.05, 0.1) is 18.1 Å². The van der Waals surface area contributed by atoms with Gasteiger partial charge in [0.25, 0.3) is 0 Å². The number of rotatable bonds is 3. The molecule has 1 heterocycles. The number of ether oxygens (including phenoxy) is 1. The molecule has 2 N–H and O–H groups in total. The van der Waals surface area contributed by atoms with Crippen LogP contribution in [0.4, 0.5) is 0 Å². The highest BCUT2D eigenvalue weighted by molar-refractivity contribution is 7.92. The monoisotopic (exact) mass is 295 g/mol. The smallest absolute Gasteiger partial charge is 0.186 e. The Morgan fingerprint density at radius 1 is 1.10 bits per heavy atom. The molecule has 0 bridgehead atoms. The number of hydrogen-bond acceptors (Lipinski definition) is 4. The van der Waals surface area contributed by atoms with Gasteiger partial charge in [0, 0.05) is 5.54 Å². The van der Waals surface area contributed by atoms with Gasteiger partial charge in [-0.1, -0.05) is 37.5 Å². The van der Waals surface area contributed by atoms with Crippen molar-refractivity contribution in [2.75, 3.05) is 13.2 Å². The van der Waals surface area contributed by atoms with Crippen molar-refractivity contribution in [1.82, 2.24) is 0 Å². The molecule has 0 unspecified atom stereocenters. The van der Waals surface area contributed by atoms with Gasteiger partial charge < -0.3 is 10.5 Å². The summed E-state index contributed by atoms with van der Waals surface area (Å²) in [5.74, 6) is 0. The average Bonchev–Trinajstić information content (AvgIpc) is 2.37. The van der Waals surface area contributed by atoms with Gasteiger partial charge in [0.15, 0.2) is 9.84 Å². The van der Waals surface area contributed by atoms with Crippen LogP contribution in [0.25, 0.3) is 0 Å². The zero-order valence-electron chi connectivity index (χ0n) is 11.5. The molecule has 0 amide bonds. The molecule has 2 aliphatic rings.